The number of nitrogens with zero attached hydrogens (tertiary/aromatic N) is 2. The van der Waals surface area contributed by atoms with Gasteiger partial charge in [0.15, 0.2) is 0 Å². The van der Waals surface area contributed by atoms with Crippen LogP contribution < -0.4 is 19.1 Å². The summed E-state index contributed by atoms with van der Waals surface area (Å²) >= 11 is 0. The van der Waals surface area contributed by atoms with Crippen molar-refractivity contribution < 1.29 is 27.5 Å². The molecule has 0 saturated heterocycles. The SMILES string of the molecule is CCOc1ccccc1N(CCCC(=O)N(Cc1ccc(OC)cc1)[C@H](CC)C(=O)NC(C)(C)C)S(C)(=O)=O. The van der Waals surface area contributed by atoms with Crippen LogP contribution in [0.5, 0.6) is 11.5 Å². The summed E-state index contributed by atoms with van der Waals surface area (Å²) in [6.45, 7) is 10.1. The van der Waals surface area contributed by atoms with Crippen molar-refractivity contribution in [3.8, 4) is 11.5 Å². The summed E-state index contributed by atoms with van der Waals surface area (Å²) in [4.78, 5) is 28.4. The maximum atomic E-state index is 13.6. The van der Waals surface area contributed by atoms with Gasteiger partial charge in [0.1, 0.15) is 17.5 Å². The van der Waals surface area contributed by atoms with Crippen molar-refractivity contribution >= 4 is 27.5 Å². The van der Waals surface area contributed by atoms with E-state index in [1.165, 1.54) is 4.31 Å². The van der Waals surface area contributed by atoms with Gasteiger partial charge in [-0.1, -0.05) is 31.2 Å². The zero-order valence-electron chi connectivity index (χ0n) is 24.2. The van der Waals surface area contributed by atoms with Gasteiger partial charge < -0.3 is 19.7 Å². The molecule has 0 heterocycles. The predicted octanol–water partition coefficient (Wildman–Crippen LogP) is 4.36. The number of hydrogen-bond donors (Lipinski definition) is 1. The molecule has 1 N–H and O–H groups in total. The topological polar surface area (TPSA) is 105 Å². The number of carbonyl (C=O) groups is 2. The van der Waals surface area contributed by atoms with E-state index in [9.17, 15) is 18.0 Å². The van der Waals surface area contributed by atoms with Crippen LogP contribution in [0.3, 0.4) is 0 Å². The molecular formula is C29H43N3O6S. The Labute approximate surface area is 233 Å². The average molecular weight is 562 g/mol. The maximum Gasteiger partial charge on any atom is 0.243 e. The zero-order valence-corrected chi connectivity index (χ0v) is 25.0. The Morgan fingerprint density at radius 3 is 2.21 bits per heavy atom. The lowest BCUT2D eigenvalue weighted by Crippen LogP contribution is -2.53. The Hall–Kier alpha value is -3.27. The van der Waals surface area contributed by atoms with Crippen LogP contribution in [0.4, 0.5) is 5.69 Å². The third-order valence-electron chi connectivity index (χ3n) is 5.98. The molecule has 0 unspecified atom stereocenters. The summed E-state index contributed by atoms with van der Waals surface area (Å²) in [5.41, 5.74) is 0.832. The maximum absolute atomic E-state index is 13.6. The highest BCUT2D eigenvalue weighted by Gasteiger charge is 2.31. The number of hydrogen-bond acceptors (Lipinski definition) is 6. The highest BCUT2D eigenvalue weighted by molar-refractivity contribution is 7.92. The average Bonchev–Trinajstić information content (AvgIpc) is 2.85. The number of nitrogens with one attached hydrogen (secondary N) is 1. The van der Waals surface area contributed by atoms with E-state index in [0.29, 0.717) is 30.2 Å². The lowest BCUT2D eigenvalue weighted by molar-refractivity contribution is -0.142. The summed E-state index contributed by atoms with van der Waals surface area (Å²) in [5.74, 6) is 0.702. The zero-order chi connectivity index (χ0) is 29.2. The standard InChI is InChI=1S/C29H43N3O6S/c1-8-24(28(34)30-29(3,4)5)31(21-22-16-18-23(37-6)19-17-22)27(33)15-12-20-32(39(7,35)36)25-13-10-11-14-26(25)38-9-2/h10-11,13-14,16-19,24H,8-9,12,15,20-21H2,1-7H3,(H,30,34)/t24-/m1/s1. The van der Waals surface area contributed by atoms with E-state index in [4.69, 9.17) is 9.47 Å². The summed E-state index contributed by atoms with van der Waals surface area (Å²) in [6, 6.07) is 13.6. The van der Waals surface area contributed by atoms with E-state index in [0.717, 1.165) is 11.8 Å². The molecule has 0 saturated carbocycles. The van der Waals surface area contributed by atoms with Crippen LogP contribution in [0.2, 0.25) is 0 Å². The predicted molar refractivity (Wildman–Crippen MR) is 155 cm³/mol. The van der Waals surface area contributed by atoms with E-state index in [-0.39, 0.29) is 37.7 Å². The Morgan fingerprint density at radius 2 is 1.67 bits per heavy atom. The molecule has 0 aliphatic rings. The second kappa shape index (κ2) is 14.2. The molecule has 0 aliphatic carbocycles. The Balaban J connectivity index is 2.28. The molecule has 0 spiro atoms. The van der Waals surface area contributed by atoms with Crippen molar-refractivity contribution in [1.82, 2.24) is 10.2 Å². The van der Waals surface area contributed by atoms with Gasteiger partial charge in [-0.2, -0.15) is 0 Å². The molecule has 9 nitrogen and oxygen atoms in total. The van der Waals surface area contributed by atoms with Gasteiger partial charge in [-0.3, -0.25) is 13.9 Å². The third kappa shape index (κ3) is 9.76. The minimum Gasteiger partial charge on any atom is -0.497 e. The number of benzene rings is 2. The lowest BCUT2D eigenvalue weighted by atomic mass is 10.0. The minimum absolute atomic E-state index is 0.0677. The van der Waals surface area contributed by atoms with Crippen LogP contribution >= 0.6 is 0 Å². The fourth-order valence-corrected chi connectivity index (χ4v) is 5.19. The molecule has 39 heavy (non-hydrogen) atoms. The Kier molecular flexibility index (Phi) is 11.6. The molecular weight excluding hydrogens is 518 g/mol. The molecule has 0 bridgehead atoms. The number of methoxy groups -OCH3 is 1. The Bertz CT molecular complexity index is 1190. The second-order valence-electron chi connectivity index (χ2n) is 10.4. The number of rotatable bonds is 14. The van der Waals surface area contributed by atoms with Gasteiger partial charge in [0.25, 0.3) is 0 Å². The number of para-hydroxylation sites is 2. The van der Waals surface area contributed by atoms with E-state index < -0.39 is 21.6 Å². The fourth-order valence-electron chi connectivity index (χ4n) is 4.22. The van der Waals surface area contributed by atoms with Crippen LogP contribution in [0.1, 0.15) is 59.4 Å². The van der Waals surface area contributed by atoms with Gasteiger partial charge in [0.2, 0.25) is 21.8 Å². The van der Waals surface area contributed by atoms with Crippen LogP contribution in [0.25, 0.3) is 0 Å². The molecule has 0 aromatic heterocycles. The molecule has 2 aromatic rings. The largest absolute Gasteiger partial charge is 0.497 e. The summed E-state index contributed by atoms with van der Waals surface area (Å²) in [6.07, 6.45) is 1.90. The Morgan fingerprint density at radius 1 is 1.03 bits per heavy atom. The molecule has 216 valence electrons. The van der Waals surface area contributed by atoms with Crippen LogP contribution in [0, 0.1) is 0 Å². The van der Waals surface area contributed by atoms with Crippen LogP contribution in [-0.4, -0.2) is 63.2 Å². The normalized spacial score (nSPS) is 12.4. The van der Waals surface area contributed by atoms with Crippen LogP contribution in [0.15, 0.2) is 48.5 Å². The summed E-state index contributed by atoms with van der Waals surface area (Å²) < 4.78 is 37.5. The quantitative estimate of drug-likeness (QED) is 0.367. The number of ether oxygens (including phenoxy) is 2. The lowest BCUT2D eigenvalue weighted by Gasteiger charge is -2.33. The summed E-state index contributed by atoms with van der Waals surface area (Å²) in [7, 11) is -2.05. The highest BCUT2D eigenvalue weighted by atomic mass is 32.2. The number of amides is 2. The first-order valence-electron chi connectivity index (χ1n) is 13.2. The van der Waals surface area contributed by atoms with Gasteiger partial charge in [-0.25, -0.2) is 8.42 Å². The van der Waals surface area contributed by atoms with Crippen molar-refractivity contribution in [2.24, 2.45) is 0 Å². The smallest absolute Gasteiger partial charge is 0.243 e. The fraction of sp³-hybridized carbons (Fsp3) is 0.517. The van der Waals surface area contributed by atoms with Crippen molar-refractivity contribution in [1.29, 1.82) is 0 Å². The van der Waals surface area contributed by atoms with Gasteiger partial charge >= 0.3 is 0 Å². The number of anilines is 1. The van der Waals surface area contributed by atoms with E-state index in [1.54, 1.807) is 36.3 Å². The van der Waals surface area contributed by atoms with Gasteiger partial charge in [0, 0.05) is 25.0 Å². The number of sulfonamides is 1. The monoisotopic (exact) mass is 561 g/mol. The van der Waals surface area contributed by atoms with Crippen molar-refractivity contribution in [2.75, 3.05) is 30.8 Å². The molecule has 2 aromatic carbocycles. The first-order valence-corrected chi connectivity index (χ1v) is 15.1. The molecule has 1 atom stereocenters. The molecule has 2 amide bonds. The van der Waals surface area contributed by atoms with Crippen LogP contribution in [-0.2, 0) is 26.2 Å². The van der Waals surface area contributed by atoms with Gasteiger partial charge in [-0.05, 0) is 70.4 Å². The van der Waals surface area contributed by atoms with Gasteiger partial charge in [0.05, 0.1) is 25.7 Å². The summed E-state index contributed by atoms with van der Waals surface area (Å²) in [5, 5.41) is 2.99. The van der Waals surface area contributed by atoms with Gasteiger partial charge in [-0.15, -0.1) is 0 Å². The minimum atomic E-state index is -3.63. The van der Waals surface area contributed by atoms with Crippen molar-refractivity contribution in [3.63, 3.8) is 0 Å². The second-order valence-corrected chi connectivity index (χ2v) is 12.3. The van der Waals surface area contributed by atoms with E-state index in [2.05, 4.69) is 5.32 Å². The van der Waals surface area contributed by atoms with Crippen molar-refractivity contribution in [2.45, 2.75) is 72.0 Å². The first kappa shape index (κ1) is 31.9. The molecule has 0 radical (unpaired) electrons. The van der Waals surface area contributed by atoms with E-state index >= 15 is 0 Å². The molecule has 10 heteroatoms. The molecule has 0 aliphatic heterocycles. The molecule has 2 rings (SSSR count). The third-order valence-corrected chi connectivity index (χ3v) is 7.16. The number of carbonyl (C=O) groups excluding carboxylic acids is 2. The molecule has 0 fully saturated rings. The highest BCUT2D eigenvalue weighted by Crippen LogP contribution is 2.30. The first-order chi connectivity index (χ1) is 18.3. The van der Waals surface area contributed by atoms with Crippen molar-refractivity contribution in [3.05, 3.63) is 54.1 Å². The van der Waals surface area contributed by atoms with E-state index in [1.807, 2.05) is 58.9 Å².